The topological polar surface area (TPSA) is 50.4 Å². The Kier molecular flexibility index (Phi) is 4.74. The molecule has 1 unspecified atom stereocenters. The molecule has 1 saturated heterocycles. The summed E-state index contributed by atoms with van der Waals surface area (Å²) in [5.74, 6) is -0.142. The van der Waals surface area contributed by atoms with Crippen molar-refractivity contribution in [2.45, 2.75) is 31.7 Å². The first-order valence-electron chi connectivity index (χ1n) is 6.58. The van der Waals surface area contributed by atoms with E-state index < -0.39 is 0 Å². The lowest BCUT2D eigenvalue weighted by molar-refractivity contribution is -0.118. The van der Waals surface area contributed by atoms with Crippen LogP contribution in [-0.2, 0) is 4.79 Å². The smallest absolute Gasteiger partial charge is 0.241 e. The maximum atomic E-state index is 13.1. The number of benzene rings is 1. The number of halogens is 1. The number of carbonyl (C=O) groups excluding carboxylic acids is 1. The Hall–Kier alpha value is -1.62. The van der Waals surface area contributed by atoms with Crippen LogP contribution in [-0.4, -0.2) is 25.6 Å². The molecule has 4 nitrogen and oxygen atoms in total. The zero-order valence-corrected chi connectivity index (χ0v) is 11.0. The van der Waals surface area contributed by atoms with E-state index in [4.69, 9.17) is 4.74 Å². The second-order valence-corrected chi connectivity index (χ2v) is 4.69. The Balaban J connectivity index is 2.05. The molecule has 19 heavy (non-hydrogen) atoms. The van der Waals surface area contributed by atoms with Crippen LogP contribution in [0, 0.1) is 5.82 Å². The van der Waals surface area contributed by atoms with Crippen LogP contribution in [0.15, 0.2) is 18.2 Å². The van der Waals surface area contributed by atoms with Crippen molar-refractivity contribution in [1.29, 1.82) is 0 Å². The van der Waals surface area contributed by atoms with Crippen molar-refractivity contribution in [1.82, 2.24) is 5.32 Å². The molecule has 0 aliphatic carbocycles. The first-order chi connectivity index (χ1) is 9.20. The van der Waals surface area contributed by atoms with Crippen LogP contribution in [0.5, 0.6) is 5.75 Å². The van der Waals surface area contributed by atoms with Crippen molar-refractivity contribution >= 4 is 11.6 Å². The van der Waals surface area contributed by atoms with E-state index in [0.29, 0.717) is 11.4 Å². The molecule has 1 aromatic rings. The van der Waals surface area contributed by atoms with E-state index in [2.05, 4.69) is 10.6 Å². The number of anilines is 1. The molecular formula is C14H19FN2O2. The molecule has 0 aromatic heterocycles. The third-order valence-corrected chi connectivity index (χ3v) is 3.30. The molecule has 0 spiro atoms. The first kappa shape index (κ1) is 13.8. The van der Waals surface area contributed by atoms with Crippen molar-refractivity contribution < 1.29 is 13.9 Å². The first-order valence-corrected chi connectivity index (χ1v) is 6.58. The average Bonchev–Trinajstić information content (AvgIpc) is 2.69. The summed E-state index contributed by atoms with van der Waals surface area (Å²) in [6.07, 6.45) is 4.13. The highest BCUT2D eigenvalue weighted by Crippen LogP contribution is 2.25. The predicted molar refractivity (Wildman–Crippen MR) is 71.8 cm³/mol. The molecule has 2 N–H and O–H groups in total. The van der Waals surface area contributed by atoms with Crippen LogP contribution in [0.3, 0.4) is 0 Å². The van der Waals surface area contributed by atoms with Gasteiger partial charge in [0.05, 0.1) is 18.8 Å². The van der Waals surface area contributed by atoms with E-state index in [1.165, 1.54) is 25.3 Å². The Morgan fingerprint density at radius 2 is 2.26 bits per heavy atom. The monoisotopic (exact) mass is 266 g/mol. The van der Waals surface area contributed by atoms with Gasteiger partial charge in [-0.15, -0.1) is 0 Å². The molecule has 1 aliphatic rings. The lowest BCUT2D eigenvalue weighted by atomic mass is 10.1. The Labute approximate surface area is 112 Å². The summed E-state index contributed by atoms with van der Waals surface area (Å²) >= 11 is 0. The van der Waals surface area contributed by atoms with Crippen molar-refractivity contribution in [3.8, 4) is 5.75 Å². The molecule has 0 radical (unpaired) electrons. The molecule has 1 amide bonds. The van der Waals surface area contributed by atoms with Crippen molar-refractivity contribution in [3.63, 3.8) is 0 Å². The molecule has 5 heteroatoms. The van der Waals surface area contributed by atoms with Gasteiger partial charge in [0.15, 0.2) is 0 Å². The number of hydrogen-bond acceptors (Lipinski definition) is 3. The third kappa shape index (κ3) is 3.67. The van der Waals surface area contributed by atoms with Gasteiger partial charge < -0.3 is 15.4 Å². The number of hydrogen-bond donors (Lipinski definition) is 2. The Morgan fingerprint density at radius 1 is 1.42 bits per heavy atom. The molecule has 1 fully saturated rings. The fraction of sp³-hybridized carbons (Fsp3) is 0.500. The lowest BCUT2D eigenvalue weighted by Gasteiger charge is -2.17. The van der Waals surface area contributed by atoms with Gasteiger partial charge in [-0.25, -0.2) is 4.39 Å². The number of amides is 1. The summed E-state index contributed by atoms with van der Waals surface area (Å²) in [7, 11) is 1.45. The third-order valence-electron chi connectivity index (χ3n) is 3.30. The number of methoxy groups -OCH3 is 1. The van der Waals surface area contributed by atoms with Gasteiger partial charge >= 0.3 is 0 Å². The predicted octanol–water partition coefficient (Wildman–Crippen LogP) is 2.30. The quantitative estimate of drug-likeness (QED) is 0.882. The van der Waals surface area contributed by atoms with E-state index in [1.54, 1.807) is 0 Å². The highest BCUT2D eigenvalue weighted by Gasteiger charge is 2.20. The Bertz CT molecular complexity index is 443. The van der Waals surface area contributed by atoms with Gasteiger partial charge in [0.25, 0.3) is 0 Å². The van der Waals surface area contributed by atoms with Gasteiger partial charge in [-0.1, -0.05) is 12.8 Å². The van der Waals surface area contributed by atoms with Crippen LogP contribution in [0.1, 0.15) is 25.7 Å². The zero-order chi connectivity index (χ0) is 13.7. The summed E-state index contributed by atoms with van der Waals surface area (Å²) in [6, 6.07) is 3.90. The SMILES string of the molecule is COc1cc(F)ccc1NC(=O)C1CCCCCN1. The van der Waals surface area contributed by atoms with Gasteiger partial charge in [-0.05, 0) is 31.5 Å². The molecular weight excluding hydrogens is 247 g/mol. The number of ether oxygens (including phenoxy) is 1. The standard InChI is InChI=1S/C14H19FN2O2/c1-19-13-9-10(15)6-7-11(13)17-14(18)12-5-3-2-4-8-16-12/h6-7,9,12,16H,2-5,8H2,1H3,(H,17,18). The summed E-state index contributed by atoms with van der Waals surface area (Å²) in [5.41, 5.74) is 0.500. The van der Waals surface area contributed by atoms with E-state index in [-0.39, 0.29) is 17.8 Å². The van der Waals surface area contributed by atoms with Crippen LogP contribution in [0.2, 0.25) is 0 Å². The average molecular weight is 266 g/mol. The lowest BCUT2D eigenvalue weighted by Crippen LogP contribution is -2.39. The van der Waals surface area contributed by atoms with Crippen LogP contribution >= 0.6 is 0 Å². The van der Waals surface area contributed by atoms with E-state index in [1.807, 2.05) is 0 Å². The zero-order valence-electron chi connectivity index (χ0n) is 11.0. The van der Waals surface area contributed by atoms with Gasteiger partial charge in [0.2, 0.25) is 5.91 Å². The van der Waals surface area contributed by atoms with Crippen molar-refractivity contribution in [2.75, 3.05) is 19.0 Å². The number of carbonyl (C=O) groups is 1. The van der Waals surface area contributed by atoms with Gasteiger partial charge in [0.1, 0.15) is 11.6 Å². The fourth-order valence-corrected chi connectivity index (χ4v) is 2.24. The minimum atomic E-state index is -0.387. The molecule has 1 atom stereocenters. The van der Waals surface area contributed by atoms with Gasteiger partial charge in [-0.2, -0.15) is 0 Å². The summed E-state index contributed by atoms with van der Waals surface area (Å²) in [6.45, 7) is 0.860. The summed E-state index contributed by atoms with van der Waals surface area (Å²) in [4.78, 5) is 12.2. The second-order valence-electron chi connectivity index (χ2n) is 4.69. The normalized spacial score (nSPS) is 19.6. The van der Waals surface area contributed by atoms with E-state index in [0.717, 1.165) is 32.2 Å². The summed E-state index contributed by atoms with van der Waals surface area (Å²) < 4.78 is 18.1. The van der Waals surface area contributed by atoms with E-state index >= 15 is 0 Å². The Morgan fingerprint density at radius 3 is 3.05 bits per heavy atom. The highest BCUT2D eigenvalue weighted by molar-refractivity contribution is 5.96. The maximum absolute atomic E-state index is 13.1. The number of nitrogens with one attached hydrogen (secondary N) is 2. The van der Waals surface area contributed by atoms with Crippen LogP contribution in [0.4, 0.5) is 10.1 Å². The van der Waals surface area contributed by atoms with Crippen LogP contribution < -0.4 is 15.4 Å². The fourth-order valence-electron chi connectivity index (χ4n) is 2.24. The van der Waals surface area contributed by atoms with Crippen LogP contribution in [0.25, 0.3) is 0 Å². The van der Waals surface area contributed by atoms with Gasteiger partial charge in [-0.3, -0.25) is 4.79 Å². The minimum Gasteiger partial charge on any atom is -0.494 e. The van der Waals surface area contributed by atoms with Gasteiger partial charge in [0, 0.05) is 6.07 Å². The molecule has 1 aromatic carbocycles. The molecule has 0 saturated carbocycles. The minimum absolute atomic E-state index is 0.0909. The summed E-state index contributed by atoms with van der Waals surface area (Å²) in [5, 5.41) is 6.02. The largest absolute Gasteiger partial charge is 0.494 e. The molecule has 104 valence electrons. The van der Waals surface area contributed by atoms with E-state index in [9.17, 15) is 9.18 Å². The molecule has 2 rings (SSSR count). The van der Waals surface area contributed by atoms with Crippen molar-refractivity contribution in [3.05, 3.63) is 24.0 Å². The molecule has 1 heterocycles. The second kappa shape index (κ2) is 6.52. The maximum Gasteiger partial charge on any atom is 0.241 e. The molecule has 1 aliphatic heterocycles. The molecule has 0 bridgehead atoms. The highest BCUT2D eigenvalue weighted by atomic mass is 19.1. The number of rotatable bonds is 3. The van der Waals surface area contributed by atoms with Crippen molar-refractivity contribution in [2.24, 2.45) is 0 Å².